The molecule has 1 N–H and O–H groups in total. The van der Waals surface area contributed by atoms with E-state index in [2.05, 4.69) is 29.1 Å². The number of hydrogen-bond acceptors (Lipinski definition) is 2. The van der Waals surface area contributed by atoms with Crippen molar-refractivity contribution in [2.45, 2.75) is 20.4 Å². The molecule has 0 saturated heterocycles. The number of halogens is 1. The summed E-state index contributed by atoms with van der Waals surface area (Å²) in [5, 5.41) is 7.46. The fourth-order valence-corrected chi connectivity index (χ4v) is 2.69. The highest BCUT2D eigenvalue weighted by atomic mass is 35.5. The van der Waals surface area contributed by atoms with Crippen molar-refractivity contribution in [3.8, 4) is 0 Å². The first-order valence-electron chi connectivity index (χ1n) is 5.21. The van der Waals surface area contributed by atoms with Gasteiger partial charge in [-0.2, -0.15) is 0 Å². The molecule has 0 saturated carbocycles. The minimum absolute atomic E-state index is 0.760. The summed E-state index contributed by atoms with van der Waals surface area (Å²) in [6.45, 7) is 5.24. The largest absolute Gasteiger partial charge is 0.339 e. The molecule has 0 fully saturated rings. The molecule has 0 radical (unpaired) electrons. The second-order valence-electron chi connectivity index (χ2n) is 3.56. The lowest BCUT2D eigenvalue weighted by atomic mass is 10.3. The van der Waals surface area contributed by atoms with Crippen molar-refractivity contribution in [2.24, 2.45) is 0 Å². The van der Waals surface area contributed by atoms with Crippen molar-refractivity contribution in [3.63, 3.8) is 0 Å². The van der Waals surface area contributed by atoms with Crippen molar-refractivity contribution >= 4 is 33.8 Å². The Labute approximate surface area is 105 Å². The quantitative estimate of drug-likeness (QED) is 0.824. The predicted molar refractivity (Wildman–Crippen MR) is 69.7 cm³/mol. The van der Waals surface area contributed by atoms with Crippen LogP contribution >= 0.6 is 22.9 Å². The number of nitrogens with one attached hydrogen (secondary N) is 1. The first-order valence-corrected chi connectivity index (χ1v) is 6.47. The van der Waals surface area contributed by atoms with E-state index in [0.717, 1.165) is 22.4 Å². The van der Waals surface area contributed by atoms with Crippen LogP contribution in [0.5, 0.6) is 0 Å². The van der Waals surface area contributed by atoms with E-state index >= 15 is 0 Å². The van der Waals surface area contributed by atoms with Gasteiger partial charge in [0.15, 0.2) is 0 Å². The van der Waals surface area contributed by atoms with Gasteiger partial charge in [-0.15, -0.1) is 0 Å². The number of aromatic nitrogens is 1. The molecule has 1 aromatic heterocycles. The van der Waals surface area contributed by atoms with Crippen LogP contribution in [0.3, 0.4) is 0 Å². The van der Waals surface area contributed by atoms with Gasteiger partial charge in [-0.3, -0.25) is 0 Å². The summed E-state index contributed by atoms with van der Waals surface area (Å²) < 4.78 is 2.25. The number of rotatable bonds is 3. The molecule has 0 aliphatic rings. The van der Waals surface area contributed by atoms with Gasteiger partial charge >= 0.3 is 5.13 Å². The van der Waals surface area contributed by atoms with Crippen LogP contribution in [0.1, 0.15) is 12.6 Å². The summed E-state index contributed by atoms with van der Waals surface area (Å²) in [5.74, 6) is 0. The smallest absolute Gasteiger partial charge is 0.231 e. The van der Waals surface area contributed by atoms with Crippen LogP contribution < -0.4 is 9.88 Å². The zero-order chi connectivity index (χ0) is 11.5. The minimum atomic E-state index is 0.760. The van der Waals surface area contributed by atoms with Crippen LogP contribution in [0.2, 0.25) is 5.02 Å². The van der Waals surface area contributed by atoms with E-state index in [1.807, 2.05) is 24.3 Å². The van der Waals surface area contributed by atoms with Gasteiger partial charge in [0.1, 0.15) is 11.4 Å². The molecule has 0 spiro atoms. The highest BCUT2D eigenvalue weighted by Gasteiger charge is 2.13. The Morgan fingerprint density at radius 3 is 2.62 bits per heavy atom. The Balaban J connectivity index is 2.23. The zero-order valence-electron chi connectivity index (χ0n) is 9.33. The molecule has 2 nitrogen and oxygen atoms in total. The SMILES string of the molecule is CC[n+]1c(C)csc1Nc1ccc(Cl)cc1. The van der Waals surface area contributed by atoms with Gasteiger partial charge in [-0.1, -0.05) is 22.9 Å². The summed E-state index contributed by atoms with van der Waals surface area (Å²) in [6, 6.07) is 7.75. The summed E-state index contributed by atoms with van der Waals surface area (Å²) in [5.41, 5.74) is 2.34. The highest BCUT2D eigenvalue weighted by Crippen LogP contribution is 2.20. The van der Waals surface area contributed by atoms with Crippen molar-refractivity contribution in [2.75, 3.05) is 5.32 Å². The Morgan fingerprint density at radius 2 is 2.00 bits per heavy atom. The third-order valence-corrected chi connectivity index (χ3v) is 3.68. The van der Waals surface area contributed by atoms with Crippen LogP contribution in [0.15, 0.2) is 29.6 Å². The van der Waals surface area contributed by atoms with Crippen molar-refractivity contribution < 1.29 is 4.57 Å². The summed E-state index contributed by atoms with van der Waals surface area (Å²) in [7, 11) is 0. The van der Waals surface area contributed by atoms with Gasteiger partial charge < -0.3 is 0 Å². The summed E-state index contributed by atoms with van der Waals surface area (Å²) >= 11 is 7.57. The fraction of sp³-hybridized carbons (Fsp3) is 0.250. The Bertz CT molecular complexity index is 476. The molecule has 1 aromatic carbocycles. The number of anilines is 2. The number of hydrogen-bond donors (Lipinski definition) is 1. The molecule has 16 heavy (non-hydrogen) atoms. The third-order valence-electron chi connectivity index (χ3n) is 2.42. The number of nitrogens with zero attached hydrogens (tertiary/aromatic N) is 1. The first-order chi connectivity index (χ1) is 7.70. The molecule has 2 aromatic rings. The lowest BCUT2D eigenvalue weighted by Gasteiger charge is -2.00. The second kappa shape index (κ2) is 4.85. The normalized spacial score (nSPS) is 10.4. The van der Waals surface area contributed by atoms with Crippen molar-refractivity contribution in [1.29, 1.82) is 0 Å². The van der Waals surface area contributed by atoms with Gasteiger partial charge in [-0.05, 0) is 38.1 Å². The maximum absolute atomic E-state index is 5.85. The van der Waals surface area contributed by atoms with Crippen LogP contribution in [-0.4, -0.2) is 0 Å². The van der Waals surface area contributed by atoms with Gasteiger partial charge in [0.2, 0.25) is 0 Å². The van der Waals surface area contributed by atoms with Crippen LogP contribution in [-0.2, 0) is 6.54 Å². The molecule has 4 heteroatoms. The average molecular weight is 254 g/mol. The van der Waals surface area contributed by atoms with Crippen LogP contribution in [0.25, 0.3) is 0 Å². The van der Waals surface area contributed by atoms with E-state index in [0.29, 0.717) is 0 Å². The first kappa shape index (κ1) is 11.4. The molecule has 0 aliphatic heterocycles. The highest BCUT2D eigenvalue weighted by molar-refractivity contribution is 7.13. The molecule has 84 valence electrons. The van der Waals surface area contributed by atoms with E-state index in [1.165, 1.54) is 5.69 Å². The van der Waals surface area contributed by atoms with Gasteiger partial charge in [-0.25, -0.2) is 9.88 Å². The van der Waals surface area contributed by atoms with Crippen molar-refractivity contribution in [3.05, 3.63) is 40.4 Å². The molecule has 0 bridgehead atoms. The van der Waals surface area contributed by atoms with Gasteiger partial charge in [0.05, 0.1) is 6.54 Å². The van der Waals surface area contributed by atoms with E-state index in [-0.39, 0.29) is 0 Å². The standard InChI is InChI=1S/C12H13ClN2S/c1-3-15-9(2)8-16-12(15)14-11-6-4-10(13)5-7-11/h4-8H,3H2,1-2H3/p+1. The average Bonchev–Trinajstić information content (AvgIpc) is 2.63. The minimum Gasteiger partial charge on any atom is -0.231 e. The maximum atomic E-state index is 5.85. The molecule has 0 unspecified atom stereocenters. The van der Waals surface area contributed by atoms with Crippen molar-refractivity contribution in [1.82, 2.24) is 0 Å². The zero-order valence-corrected chi connectivity index (χ0v) is 10.9. The Kier molecular flexibility index (Phi) is 3.46. The van der Waals surface area contributed by atoms with Crippen LogP contribution in [0.4, 0.5) is 10.8 Å². The Morgan fingerprint density at radius 1 is 1.31 bits per heavy atom. The van der Waals surface area contributed by atoms with Crippen LogP contribution in [0, 0.1) is 6.92 Å². The van der Waals surface area contributed by atoms with E-state index in [1.54, 1.807) is 11.3 Å². The number of aryl methyl sites for hydroxylation is 1. The van der Waals surface area contributed by atoms with E-state index in [9.17, 15) is 0 Å². The monoisotopic (exact) mass is 253 g/mol. The molecular formula is C12H14ClN2S+. The lowest BCUT2D eigenvalue weighted by molar-refractivity contribution is -0.681. The van der Waals surface area contributed by atoms with E-state index in [4.69, 9.17) is 11.6 Å². The molecule has 0 amide bonds. The topological polar surface area (TPSA) is 15.9 Å². The summed E-state index contributed by atoms with van der Waals surface area (Å²) in [4.78, 5) is 0. The predicted octanol–water partition coefficient (Wildman–Crippen LogP) is 3.76. The summed E-state index contributed by atoms with van der Waals surface area (Å²) in [6.07, 6.45) is 0. The molecule has 2 rings (SSSR count). The number of benzene rings is 1. The molecular weight excluding hydrogens is 240 g/mol. The van der Waals surface area contributed by atoms with Gasteiger partial charge in [0, 0.05) is 10.4 Å². The number of thiazole rings is 1. The molecule has 0 aliphatic carbocycles. The Hall–Kier alpha value is -1.06. The van der Waals surface area contributed by atoms with E-state index < -0.39 is 0 Å². The fourth-order valence-electron chi connectivity index (χ4n) is 1.58. The molecule has 1 heterocycles. The third kappa shape index (κ3) is 2.36. The lowest BCUT2D eigenvalue weighted by Crippen LogP contribution is -2.35. The second-order valence-corrected chi connectivity index (χ2v) is 4.85. The van der Waals surface area contributed by atoms with Gasteiger partial charge in [0.25, 0.3) is 0 Å². The maximum Gasteiger partial charge on any atom is 0.339 e. The molecule has 0 atom stereocenters.